The summed E-state index contributed by atoms with van der Waals surface area (Å²) < 4.78 is 5.81. The van der Waals surface area contributed by atoms with Crippen molar-refractivity contribution in [2.75, 3.05) is 6.61 Å². The van der Waals surface area contributed by atoms with Crippen LogP contribution in [0.2, 0.25) is 0 Å². The van der Waals surface area contributed by atoms with E-state index in [1.807, 2.05) is 6.92 Å². The van der Waals surface area contributed by atoms with E-state index in [4.69, 9.17) is 4.74 Å². The van der Waals surface area contributed by atoms with Gasteiger partial charge >= 0.3 is 5.97 Å². The lowest BCUT2D eigenvalue weighted by Crippen LogP contribution is -2.23. The molecule has 27 heavy (non-hydrogen) atoms. The van der Waals surface area contributed by atoms with E-state index in [9.17, 15) is 4.79 Å². The van der Waals surface area contributed by atoms with Gasteiger partial charge in [0.25, 0.3) is 0 Å². The number of unbranched alkanes of at least 4 members (excludes halogenated alkanes) is 3. The van der Waals surface area contributed by atoms with Crippen LogP contribution in [0.4, 0.5) is 0 Å². The number of carbonyl (C=O) groups excluding carboxylic acids is 1. The highest BCUT2D eigenvalue weighted by Gasteiger charge is 2.30. The topological polar surface area (TPSA) is 26.3 Å². The van der Waals surface area contributed by atoms with E-state index >= 15 is 0 Å². The Morgan fingerprint density at radius 2 is 1.52 bits per heavy atom. The van der Waals surface area contributed by atoms with Crippen molar-refractivity contribution in [3.63, 3.8) is 0 Å². The Morgan fingerprint density at radius 1 is 0.926 bits per heavy atom. The van der Waals surface area contributed by atoms with Crippen molar-refractivity contribution in [2.24, 2.45) is 11.8 Å². The zero-order valence-electron chi connectivity index (χ0n) is 16.9. The fourth-order valence-electron chi connectivity index (χ4n) is 4.11. The summed E-state index contributed by atoms with van der Waals surface area (Å²) in [7, 11) is 0. The van der Waals surface area contributed by atoms with E-state index in [1.54, 1.807) is 0 Å². The van der Waals surface area contributed by atoms with Crippen LogP contribution >= 0.6 is 0 Å². The Balaban J connectivity index is 1.60. The molecule has 0 bridgehead atoms. The zero-order chi connectivity index (χ0) is 19.2. The third-order valence-corrected chi connectivity index (χ3v) is 6.09. The van der Waals surface area contributed by atoms with Crippen LogP contribution in [0, 0.1) is 11.8 Å². The molecule has 0 aromatic heterocycles. The third-order valence-electron chi connectivity index (χ3n) is 6.09. The van der Waals surface area contributed by atoms with E-state index in [1.165, 1.54) is 47.9 Å². The summed E-state index contributed by atoms with van der Waals surface area (Å²) in [5, 5.41) is 0. The van der Waals surface area contributed by atoms with Crippen molar-refractivity contribution in [1.82, 2.24) is 0 Å². The molecule has 2 heteroatoms. The summed E-state index contributed by atoms with van der Waals surface area (Å²) in [4.78, 5) is 12.6. The summed E-state index contributed by atoms with van der Waals surface area (Å²) in [6, 6.07) is 16.9. The van der Waals surface area contributed by atoms with Gasteiger partial charge in [-0.05, 0) is 34.6 Å². The van der Waals surface area contributed by atoms with Gasteiger partial charge in [-0.3, -0.25) is 4.79 Å². The zero-order valence-corrected chi connectivity index (χ0v) is 16.9. The molecule has 1 unspecified atom stereocenters. The van der Waals surface area contributed by atoms with Gasteiger partial charge in [-0.15, -0.1) is 0 Å². The molecule has 0 radical (unpaired) electrons. The largest absolute Gasteiger partial charge is 0.464 e. The van der Waals surface area contributed by atoms with Crippen molar-refractivity contribution in [1.29, 1.82) is 0 Å². The molecule has 1 aliphatic carbocycles. The number of esters is 1. The van der Waals surface area contributed by atoms with Gasteiger partial charge in [0.2, 0.25) is 0 Å². The van der Waals surface area contributed by atoms with Crippen molar-refractivity contribution in [3.8, 4) is 11.1 Å². The van der Waals surface area contributed by atoms with Gasteiger partial charge in [-0.25, -0.2) is 0 Å². The first-order chi connectivity index (χ1) is 13.1. The number of hydrogen-bond donors (Lipinski definition) is 0. The van der Waals surface area contributed by atoms with Crippen LogP contribution in [0.5, 0.6) is 0 Å². The van der Waals surface area contributed by atoms with E-state index in [0.717, 1.165) is 6.42 Å². The van der Waals surface area contributed by atoms with Crippen LogP contribution in [0.25, 0.3) is 11.1 Å². The highest BCUT2D eigenvalue weighted by atomic mass is 16.5. The van der Waals surface area contributed by atoms with Gasteiger partial charge in [-0.1, -0.05) is 95.0 Å². The number of carbonyl (C=O) groups is 1. The number of fused-ring (bicyclic) bond motifs is 3. The van der Waals surface area contributed by atoms with Crippen molar-refractivity contribution < 1.29 is 9.53 Å². The van der Waals surface area contributed by atoms with Crippen LogP contribution < -0.4 is 0 Å². The smallest absolute Gasteiger partial charge is 0.308 e. The SMILES string of the molecule is CCCCCCC(C)[C@H](C)C(=O)OCC1c2ccccc2-c2ccccc21. The predicted molar refractivity (Wildman–Crippen MR) is 112 cm³/mol. The highest BCUT2D eigenvalue weighted by molar-refractivity contribution is 5.79. The van der Waals surface area contributed by atoms with Gasteiger partial charge < -0.3 is 4.74 Å². The molecule has 144 valence electrons. The summed E-state index contributed by atoms with van der Waals surface area (Å²) in [5.74, 6) is 0.421. The second-order valence-corrected chi connectivity index (χ2v) is 7.97. The molecule has 0 amide bonds. The second-order valence-electron chi connectivity index (χ2n) is 7.97. The molecule has 0 fully saturated rings. The maximum absolute atomic E-state index is 12.6. The lowest BCUT2D eigenvalue weighted by Gasteiger charge is -2.20. The maximum Gasteiger partial charge on any atom is 0.308 e. The number of hydrogen-bond acceptors (Lipinski definition) is 2. The van der Waals surface area contributed by atoms with Crippen LogP contribution in [0.1, 0.15) is 69.9 Å². The van der Waals surface area contributed by atoms with Crippen LogP contribution in [-0.4, -0.2) is 12.6 Å². The molecule has 0 saturated heterocycles. The fourth-order valence-corrected chi connectivity index (χ4v) is 4.11. The molecular formula is C25H32O2. The van der Waals surface area contributed by atoms with Crippen molar-refractivity contribution in [2.45, 2.75) is 58.8 Å². The number of benzene rings is 2. The Kier molecular flexibility index (Phi) is 6.71. The Morgan fingerprint density at radius 3 is 2.11 bits per heavy atom. The average Bonchev–Trinajstić information content (AvgIpc) is 3.02. The average molecular weight is 365 g/mol. The van der Waals surface area contributed by atoms with Crippen molar-refractivity contribution >= 4 is 5.97 Å². The Bertz CT molecular complexity index is 719. The van der Waals surface area contributed by atoms with E-state index in [-0.39, 0.29) is 17.8 Å². The van der Waals surface area contributed by atoms with Gasteiger partial charge in [0.1, 0.15) is 6.61 Å². The Labute approximate surface area is 164 Å². The number of rotatable bonds is 9. The molecule has 0 saturated carbocycles. The first-order valence-electron chi connectivity index (χ1n) is 10.5. The van der Waals surface area contributed by atoms with E-state index < -0.39 is 0 Å². The third kappa shape index (κ3) is 4.43. The van der Waals surface area contributed by atoms with Crippen LogP contribution in [0.15, 0.2) is 48.5 Å². The molecule has 0 heterocycles. The first kappa shape index (κ1) is 19.7. The monoisotopic (exact) mass is 364 g/mol. The maximum atomic E-state index is 12.6. The predicted octanol–water partition coefficient (Wildman–Crippen LogP) is 6.58. The molecule has 3 rings (SSSR count). The molecule has 1 aliphatic rings. The lowest BCUT2D eigenvalue weighted by atomic mass is 9.90. The normalized spacial score (nSPS) is 15.1. The van der Waals surface area contributed by atoms with Gasteiger partial charge in [0, 0.05) is 5.92 Å². The minimum atomic E-state index is -0.0557. The first-order valence-corrected chi connectivity index (χ1v) is 10.5. The summed E-state index contributed by atoms with van der Waals surface area (Å²) in [6.07, 6.45) is 6.10. The molecular weight excluding hydrogens is 332 g/mol. The molecule has 2 aromatic rings. The summed E-state index contributed by atoms with van der Waals surface area (Å²) >= 11 is 0. The van der Waals surface area contributed by atoms with Gasteiger partial charge in [0.05, 0.1) is 5.92 Å². The molecule has 0 N–H and O–H groups in total. The highest BCUT2D eigenvalue weighted by Crippen LogP contribution is 2.44. The summed E-state index contributed by atoms with van der Waals surface area (Å²) in [5.41, 5.74) is 5.08. The second kappa shape index (κ2) is 9.21. The standard InChI is InChI=1S/C25H32O2/c1-4-5-6-7-12-18(2)19(3)25(26)27-17-24-22-15-10-8-13-20(22)21-14-9-11-16-23(21)24/h8-11,13-16,18-19,24H,4-7,12,17H2,1-3H3/t18?,19-/m0/s1. The lowest BCUT2D eigenvalue weighted by molar-refractivity contribution is -0.150. The summed E-state index contributed by atoms with van der Waals surface area (Å²) in [6.45, 7) is 6.85. The van der Waals surface area contributed by atoms with E-state index in [2.05, 4.69) is 62.4 Å². The Hall–Kier alpha value is -2.09. The van der Waals surface area contributed by atoms with Crippen molar-refractivity contribution in [3.05, 3.63) is 59.7 Å². The number of ether oxygens (including phenoxy) is 1. The quantitative estimate of drug-likeness (QED) is 0.371. The molecule has 2 atom stereocenters. The molecule has 0 aliphatic heterocycles. The molecule has 0 spiro atoms. The minimum absolute atomic E-state index is 0.0430. The van der Waals surface area contributed by atoms with Gasteiger partial charge in [-0.2, -0.15) is 0 Å². The minimum Gasteiger partial charge on any atom is -0.464 e. The van der Waals surface area contributed by atoms with E-state index in [0.29, 0.717) is 12.5 Å². The van der Waals surface area contributed by atoms with Crippen LogP contribution in [-0.2, 0) is 9.53 Å². The van der Waals surface area contributed by atoms with Gasteiger partial charge in [0.15, 0.2) is 0 Å². The molecule has 2 nitrogen and oxygen atoms in total. The fraction of sp³-hybridized carbons (Fsp3) is 0.480. The molecule has 2 aromatic carbocycles. The van der Waals surface area contributed by atoms with Crippen LogP contribution in [0.3, 0.4) is 0 Å².